The molecule has 0 atom stereocenters. The quantitative estimate of drug-likeness (QED) is 0.587. The standard InChI is InChI=1S/C23H27N5O4/c1-4-21(29)26-7-9-27(10-8-26)23(30)18-11-17-14-25-28(22(17)24-13-18)15-16-5-6-19(31-2)12-20(16)32-3/h5-6,11-14H,4,7-10,15H2,1-3H3. The van der Waals surface area contributed by atoms with E-state index in [4.69, 9.17) is 9.47 Å². The number of fused-ring (bicyclic) bond motifs is 1. The van der Waals surface area contributed by atoms with Gasteiger partial charge >= 0.3 is 0 Å². The highest BCUT2D eigenvalue weighted by atomic mass is 16.5. The fourth-order valence-corrected chi connectivity index (χ4v) is 3.91. The normalized spacial score (nSPS) is 14.0. The molecule has 2 amide bonds. The van der Waals surface area contributed by atoms with E-state index in [1.165, 1.54) is 0 Å². The number of piperazine rings is 1. The molecule has 3 heterocycles. The van der Waals surface area contributed by atoms with E-state index in [-0.39, 0.29) is 11.8 Å². The molecule has 1 fully saturated rings. The van der Waals surface area contributed by atoms with Crippen LogP contribution in [-0.2, 0) is 11.3 Å². The summed E-state index contributed by atoms with van der Waals surface area (Å²) in [5.41, 5.74) is 2.16. The van der Waals surface area contributed by atoms with Crippen LogP contribution in [0, 0.1) is 0 Å². The highest BCUT2D eigenvalue weighted by molar-refractivity contribution is 5.97. The smallest absolute Gasteiger partial charge is 0.255 e. The number of nitrogens with zero attached hydrogens (tertiary/aromatic N) is 5. The van der Waals surface area contributed by atoms with Gasteiger partial charge in [-0.15, -0.1) is 0 Å². The van der Waals surface area contributed by atoms with Gasteiger partial charge in [-0.3, -0.25) is 9.59 Å². The lowest BCUT2D eigenvalue weighted by molar-refractivity contribution is -0.132. The zero-order valence-electron chi connectivity index (χ0n) is 18.6. The molecular weight excluding hydrogens is 410 g/mol. The van der Waals surface area contributed by atoms with Crippen LogP contribution in [0.15, 0.2) is 36.7 Å². The van der Waals surface area contributed by atoms with Crippen LogP contribution >= 0.6 is 0 Å². The van der Waals surface area contributed by atoms with E-state index in [1.54, 1.807) is 36.2 Å². The van der Waals surface area contributed by atoms with Crippen LogP contribution in [0.4, 0.5) is 0 Å². The van der Waals surface area contributed by atoms with Crippen LogP contribution in [0.25, 0.3) is 11.0 Å². The predicted octanol–water partition coefficient (Wildman–Crippen LogP) is 2.19. The summed E-state index contributed by atoms with van der Waals surface area (Å²) in [6.45, 7) is 4.51. The van der Waals surface area contributed by atoms with Crippen LogP contribution in [0.5, 0.6) is 11.5 Å². The summed E-state index contributed by atoms with van der Waals surface area (Å²) in [6, 6.07) is 7.47. The second-order valence-electron chi connectivity index (χ2n) is 7.64. The third-order valence-corrected chi connectivity index (χ3v) is 5.76. The SMILES string of the molecule is CCC(=O)N1CCN(C(=O)c2cnc3c(cnn3Cc3ccc(OC)cc3OC)c2)CC1. The molecule has 1 aromatic carbocycles. The minimum Gasteiger partial charge on any atom is -0.497 e. The number of methoxy groups -OCH3 is 2. The number of benzene rings is 1. The molecule has 4 rings (SSSR count). The Bertz CT molecular complexity index is 1130. The van der Waals surface area contributed by atoms with E-state index >= 15 is 0 Å². The molecule has 0 aliphatic carbocycles. The average molecular weight is 438 g/mol. The lowest BCUT2D eigenvalue weighted by Crippen LogP contribution is -2.50. The zero-order chi connectivity index (χ0) is 22.7. The Balaban J connectivity index is 1.50. The van der Waals surface area contributed by atoms with Gasteiger partial charge in [0.25, 0.3) is 5.91 Å². The third-order valence-electron chi connectivity index (χ3n) is 5.76. The van der Waals surface area contributed by atoms with Crippen LogP contribution in [0.2, 0.25) is 0 Å². The maximum atomic E-state index is 13.0. The van der Waals surface area contributed by atoms with Crippen molar-refractivity contribution in [3.8, 4) is 11.5 Å². The second-order valence-corrected chi connectivity index (χ2v) is 7.64. The van der Waals surface area contributed by atoms with E-state index in [0.29, 0.717) is 56.1 Å². The largest absolute Gasteiger partial charge is 0.497 e. The molecule has 168 valence electrons. The average Bonchev–Trinajstić information content (AvgIpc) is 3.25. The predicted molar refractivity (Wildman–Crippen MR) is 119 cm³/mol. The zero-order valence-corrected chi connectivity index (χ0v) is 18.6. The summed E-state index contributed by atoms with van der Waals surface area (Å²) in [4.78, 5) is 32.9. The number of carbonyl (C=O) groups is 2. The monoisotopic (exact) mass is 437 g/mol. The van der Waals surface area contributed by atoms with E-state index < -0.39 is 0 Å². The van der Waals surface area contributed by atoms with Gasteiger partial charge in [0, 0.05) is 55.8 Å². The van der Waals surface area contributed by atoms with Crippen molar-refractivity contribution < 1.29 is 19.1 Å². The number of amides is 2. The summed E-state index contributed by atoms with van der Waals surface area (Å²) in [5, 5.41) is 5.25. The first-order valence-electron chi connectivity index (χ1n) is 10.6. The van der Waals surface area contributed by atoms with Crippen molar-refractivity contribution in [1.29, 1.82) is 0 Å². The molecule has 3 aromatic rings. The summed E-state index contributed by atoms with van der Waals surface area (Å²) < 4.78 is 12.5. The first-order chi connectivity index (χ1) is 15.5. The molecule has 9 heteroatoms. The van der Waals surface area contributed by atoms with Gasteiger partial charge in [0.1, 0.15) is 11.5 Å². The summed E-state index contributed by atoms with van der Waals surface area (Å²) >= 11 is 0. The molecule has 9 nitrogen and oxygen atoms in total. The van der Waals surface area contributed by atoms with E-state index in [0.717, 1.165) is 16.7 Å². The highest BCUT2D eigenvalue weighted by Gasteiger charge is 2.24. The number of ether oxygens (including phenoxy) is 2. The first kappa shape index (κ1) is 21.6. The van der Waals surface area contributed by atoms with E-state index in [1.807, 2.05) is 36.1 Å². The van der Waals surface area contributed by atoms with Gasteiger partial charge in [0.2, 0.25) is 5.91 Å². The Hall–Kier alpha value is -3.62. The number of hydrogen-bond acceptors (Lipinski definition) is 6. The van der Waals surface area contributed by atoms with Gasteiger partial charge in [-0.2, -0.15) is 5.10 Å². The molecule has 0 spiro atoms. The maximum absolute atomic E-state index is 13.0. The van der Waals surface area contributed by atoms with Crippen LogP contribution < -0.4 is 9.47 Å². The van der Waals surface area contributed by atoms with E-state index in [9.17, 15) is 9.59 Å². The Morgan fingerprint density at radius 2 is 1.75 bits per heavy atom. The van der Waals surface area contributed by atoms with Crippen molar-refractivity contribution in [2.24, 2.45) is 0 Å². The van der Waals surface area contributed by atoms with Crippen molar-refractivity contribution in [3.63, 3.8) is 0 Å². The molecule has 0 radical (unpaired) electrons. The number of carbonyl (C=O) groups excluding carboxylic acids is 2. The fraction of sp³-hybridized carbons (Fsp3) is 0.391. The van der Waals surface area contributed by atoms with Crippen LogP contribution in [0.1, 0.15) is 29.3 Å². The first-order valence-corrected chi connectivity index (χ1v) is 10.6. The van der Waals surface area contributed by atoms with Crippen molar-refractivity contribution >= 4 is 22.8 Å². The van der Waals surface area contributed by atoms with Crippen LogP contribution in [0.3, 0.4) is 0 Å². The van der Waals surface area contributed by atoms with Crippen molar-refractivity contribution in [1.82, 2.24) is 24.6 Å². The fourth-order valence-electron chi connectivity index (χ4n) is 3.91. The number of hydrogen-bond donors (Lipinski definition) is 0. The van der Waals surface area contributed by atoms with Gasteiger partial charge < -0.3 is 19.3 Å². The topological polar surface area (TPSA) is 89.8 Å². The summed E-state index contributed by atoms with van der Waals surface area (Å²) in [6.07, 6.45) is 3.80. The molecule has 0 saturated carbocycles. The van der Waals surface area contributed by atoms with Gasteiger partial charge in [0.15, 0.2) is 5.65 Å². The third kappa shape index (κ3) is 4.23. The van der Waals surface area contributed by atoms with Gasteiger partial charge in [0.05, 0.1) is 32.5 Å². The molecule has 32 heavy (non-hydrogen) atoms. The Kier molecular flexibility index (Phi) is 6.25. The maximum Gasteiger partial charge on any atom is 0.255 e. The molecule has 1 aliphatic heterocycles. The van der Waals surface area contributed by atoms with E-state index in [2.05, 4.69) is 10.1 Å². The molecule has 1 saturated heterocycles. The molecular formula is C23H27N5O4. The Morgan fingerprint density at radius 3 is 2.44 bits per heavy atom. The highest BCUT2D eigenvalue weighted by Crippen LogP contribution is 2.26. The molecule has 2 aromatic heterocycles. The molecule has 0 N–H and O–H groups in total. The minimum absolute atomic E-state index is 0.0763. The molecule has 1 aliphatic rings. The summed E-state index contributed by atoms with van der Waals surface area (Å²) in [5.74, 6) is 1.48. The lowest BCUT2D eigenvalue weighted by atomic mass is 10.2. The molecule has 0 bridgehead atoms. The lowest BCUT2D eigenvalue weighted by Gasteiger charge is -2.34. The van der Waals surface area contributed by atoms with Crippen molar-refractivity contribution in [2.45, 2.75) is 19.9 Å². The number of pyridine rings is 1. The van der Waals surface area contributed by atoms with Crippen LogP contribution in [-0.4, -0.2) is 76.8 Å². The summed E-state index contributed by atoms with van der Waals surface area (Å²) in [7, 11) is 3.23. The van der Waals surface area contributed by atoms with Crippen molar-refractivity contribution in [3.05, 3.63) is 47.8 Å². The number of aromatic nitrogens is 3. The van der Waals surface area contributed by atoms with Crippen molar-refractivity contribution in [2.75, 3.05) is 40.4 Å². The van der Waals surface area contributed by atoms with Gasteiger partial charge in [-0.05, 0) is 18.2 Å². The van der Waals surface area contributed by atoms with Gasteiger partial charge in [-0.1, -0.05) is 6.92 Å². The minimum atomic E-state index is -0.0763. The van der Waals surface area contributed by atoms with Gasteiger partial charge in [-0.25, -0.2) is 9.67 Å². The molecule has 0 unspecified atom stereocenters. The Morgan fingerprint density at radius 1 is 1.00 bits per heavy atom. The Labute approximate surface area is 186 Å². The number of rotatable bonds is 6. The second kappa shape index (κ2) is 9.25.